The highest BCUT2D eigenvalue weighted by Crippen LogP contribution is 2.28. The topological polar surface area (TPSA) is 93.5 Å². The molecule has 2 N–H and O–H groups in total. The van der Waals surface area contributed by atoms with Gasteiger partial charge in [-0.25, -0.2) is 4.79 Å². The van der Waals surface area contributed by atoms with Crippen molar-refractivity contribution in [2.75, 3.05) is 6.61 Å². The Kier molecular flexibility index (Phi) is 6.25. The van der Waals surface area contributed by atoms with E-state index >= 15 is 0 Å². The predicted octanol–water partition coefficient (Wildman–Crippen LogP) is 2.97. The standard InChI is InChI=1S/C22H29N3O4/c1-13(2)12-25-15(4)18(14(3)24-25)6-8-20(26)23-21(22(27)28)17-5-7-19-16(11-17)9-10-29-19/h5,7,11,13,21H,6,8-10,12H2,1-4H3,(H,23,26)(H,27,28). The minimum absolute atomic E-state index is 0.215. The van der Waals surface area contributed by atoms with Gasteiger partial charge in [-0.05, 0) is 55.0 Å². The van der Waals surface area contributed by atoms with E-state index in [2.05, 4.69) is 24.3 Å². The number of aryl methyl sites for hydroxylation is 1. The molecule has 29 heavy (non-hydrogen) atoms. The second-order valence-corrected chi connectivity index (χ2v) is 8.03. The number of amides is 1. The SMILES string of the molecule is Cc1nn(CC(C)C)c(C)c1CCC(=O)NC(C(=O)O)c1ccc2c(c1)CCO2. The number of nitrogens with one attached hydrogen (secondary N) is 1. The average Bonchev–Trinajstić information content (AvgIpc) is 3.21. The molecule has 1 aliphatic rings. The third kappa shape index (κ3) is 4.78. The molecule has 1 aromatic heterocycles. The van der Waals surface area contributed by atoms with Gasteiger partial charge in [-0.3, -0.25) is 9.48 Å². The van der Waals surface area contributed by atoms with Crippen LogP contribution in [0.25, 0.3) is 0 Å². The Morgan fingerprint density at radius 1 is 1.31 bits per heavy atom. The van der Waals surface area contributed by atoms with E-state index in [-0.39, 0.29) is 12.3 Å². The summed E-state index contributed by atoms with van der Waals surface area (Å²) in [5.41, 5.74) is 4.59. The van der Waals surface area contributed by atoms with E-state index in [1.165, 1.54) is 0 Å². The fourth-order valence-electron chi connectivity index (χ4n) is 3.76. The minimum atomic E-state index is -1.07. The molecule has 0 saturated heterocycles. The van der Waals surface area contributed by atoms with Gasteiger partial charge in [-0.1, -0.05) is 19.9 Å². The smallest absolute Gasteiger partial charge is 0.330 e. The van der Waals surface area contributed by atoms with Gasteiger partial charge in [0, 0.05) is 25.1 Å². The summed E-state index contributed by atoms with van der Waals surface area (Å²) in [5.74, 6) is -0.0920. The van der Waals surface area contributed by atoms with Crippen LogP contribution in [0, 0.1) is 19.8 Å². The number of nitrogens with zero attached hydrogens (tertiary/aromatic N) is 2. The molecule has 1 atom stereocenters. The summed E-state index contributed by atoms with van der Waals surface area (Å²) in [7, 11) is 0. The quantitative estimate of drug-likeness (QED) is 0.712. The monoisotopic (exact) mass is 399 g/mol. The number of hydrogen-bond acceptors (Lipinski definition) is 4. The van der Waals surface area contributed by atoms with Gasteiger partial charge in [0.2, 0.25) is 5.91 Å². The molecular weight excluding hydrogens is 370 g/mol. The fourth-order valence-corrected chi connectivity index (χ4v) is 3.76. The van der Waals surface area contributed by atoms with Crippen LogP contribution in [0.3, 0.4) is 0 Å². The van der Waals surface area contributed by atoms with Gasteiger partial charge >= 0.3 is 5.97 Å². The molecule has 3 rings (SSSR count). The maximum Gasteiger partial charge on any atom is 0.330 e. The maximum absolute atomic E-state index is 12.5. The first kappa shape index (κ1) is 20.9. The van der Waals surface area contributed by atoms with Gasteiger partial charge in [-0.15, -0.1) is 0 Å². The third-order valence-electron chi connectivity index (χ3n) is 5.27. The number of carboxylic acid groups (broad SMARTS) is 1. The summed E-state index contributed by atoms with van der Waals surface area (Å²) < 4.78 is 7.45. The molecule has 0 saturated carbocycles. The van der Waals surface area contributed by atoms with E-state index in [1.54, 1.807) is 12.1 Å². The van der Waals surface area contributed by atoms with Crippen molar-refractivity contribution in [2.45, 2.75) is 59.5 Å². The summed E-state index contributed by atoms with van der Waals surface area (Å²) in [6, 6.07) is 4.22. The molecule has 0 spiro atoms. The highest BCUT2D eigenvalue weighted by molar-refractivity contribution is 5.84. The first-order valence-electron chi connectivity index (χ1n) is 10.1. The number of aliphatic carboxylic acids is 1. The minimum Gasteiger partial charge on any atom is -0.493 e. The van der Waals surface area contributed by atoms with Crippen molar-refractivity contribution in [2.24, 2.45) is 5.92 Å². The van der Waals surface area contributed by atoms with E-state index < -0.39 is 12.0 Å². The number of fused-ring (bicyclic) bond motifs is 1. The Balaban J connectivity index is 1.66. The third-order valence-corrected chi connectivity index (χ3v) is 5.27. The molecule has 0 aliphatic carbocycles. The Labute approximate surface area is 171 Å². The number of carboxylic acids is 1. The van der Waals surface area contributed by atoms with Gasteiger partial charge in [0.15, 0.2) is 6.04 Å². The molecule has 156 valence electrons. The average molecular weight is 399 g/mol. The number of benzene rings is 1. The Morgan fingerprint density at radius 3 is 2.76 bits per heavy atom. The first-order chi connectivity index (χ1) is 13.8. The van der Waals surface area contributed by atoms with Crippen LogP contribution in [0.1, 0.15) is 54.4 Å². The number of rotatable bonds is 8. The van der Waals surface area contributed by atoms with Crippen LogP contribution >= 0.6 is 0 Å². The zero-order valence-corrected chi connectivity index (χ0v) is 17.5. The van der Waals surface area contributed by atoms with Crippen molar-refractivity contribution in [3.8, 4) is 5.75 Å². The number of carbonyl (C=O) groups excluding carboxylic acids is 1. The van der Waals surface area contributed by atoms with Crippen LogP contribution in [0.5, 0.6) is 5.75 Å². The van der Waals surface area contributed by atoms with Crippen LogP contribution in [0.2, 0.25) is 0 Å². The lowest BCUT2D eigenvalue weighted by Crippen LogP contribution is -2.34. The van der Waals surface area contributed by atoms with Crippen molar-refractivity contribution >= 4 is 11.9 Å². The predicted molar refractivity (Wildman–Crippen MR) is 109 cm³/mol. The fraction of sp³-hybridized carbons (Fsp3) is 0.500. The summed E-state index contributed by atoms with van der Waals surface area (Å²) in [6.45, 7) is 9.68. The number of aromatic nitrogens is 2. The van der Waals surface area contributed by atoms with E-state index in [9.17, 15) is 14.7 Å². The lowest BCUT2D eigenvalue weighted by atomic mass is 10.0. The molecule has 2 heterocycles. The van der Waals surface area contributed by atoms with Crippen molar-refractivity contribution in [1.82, 2.24) is 15.1 Å². The van der Waals surface area contributed by atoms with Gasteiger partial charge in [0.1, 0.15) is 5.75 Å². The van der Waals surface area contributed by atoms with Crippen LogP contribution in [-0.2, 0) is 29.0 Å². The molecule has 2 aromatic rings. The van der Waals surface area contributed by atoms with Crippen molar-refractivity contribution < 1.29 is 19.4 Å². The van der Waals surface area contributed by atoms with E-state index in [0.717, 1.165) is 41.2 Å². The van der Waals surface area contributed by atoms with Gasteiger partial charge in [0.05, 0.1) is 12.3 Å². The molecule has 1 aliphatic heterocycles. The molecular formula is C22H29N3O4. The molecule has 1 unspecified atom stereocenters. The van der Waals surface area contributed by atoms with E-state index in [1.807, 2.05) is 24.6 Å². The molecule has 1 aromatic carbocycles. The Bertz CT molecular complexity index is 917. The van der Waals surface area contributed by atoms with Crippen LogP contribution in [0.4, 0.5) is 0 Å². The molecule has 1 amide bonds. The maximum atomic E-state index is 12.5. The highest BCUT2D eigenvalue weighted by atomic mass is 16.5. The highest BCUT2D eigenvalue weighted by Gasteiger charge is 2.24. The summed E-state index contributed by atoms with van der Waals surface area (Å²) in [6.07, 6.45) is 1.50. The Hall–Kier alpha value is -2.83. The normalized spacial score (nSPS) is 13.8. The molecule has 0 bridgehead atoms. The van der Waals surface area contributed by atoms with E-state index in [0.29, 0.717) is 24.5 Å². The van der Waals surface area contributed by atoms with Crippen LogP contribution in [0.15, 0.2) is 18.2 Å². The van der Waals surface area contributed by atoms with Gasteiger partial charge in [-0.2, -0.15) is 5.10 Å². The summed E-state index contributed by atoms with van der Waals surface area (Å²) >= 11 is 0. The van der Waals surface area contributed by atoms with Crippen LogP contribution < -0.4 is 10.1 Å². The van der Waals surface area contributed by atoms with Crippen molar-refractivity contribution in [3.63, 3.8) is 0 Å². The second kappa shape index (κ2) is 8.68. The lowest BCUT2D eigenvalue weighted by molar-refractivity contribution is -0.142. The van der Waals surface area contributed by atoms with Gasteiger partial charge < -0.3 is 15.2 Å². The second-order valence-electron chi connectivity index (χ2n) is 8.03. The Morgan fingerprint density at radius 2 is 2.07 bits per heavy atom. The zero-order chi connectivity index (χ0) is 21.1. The lowest BCUT2D eigenvalue weighted by Gasteiger charge is -2.16. The number of hydrogen-bond donors (Lipinski definition) is 2. The molecule has 0 radical (unpaired) electrons. The molecule has 7 heteroatoms. The van der Waals surface area contributed by atoms with Gasteiger partial charge in [0.25, 0.3) is 0 Å². The largest absolute Gasteiger partial charge is 0.493 e. The number of carbonyl (C=O) groups is 2. The molecule has 7 nitrogen and oxygen atoms in total. The van der Waals surface area contributed by atoms with E-state index in [4.69, 9.17) is 4.74 Å². The first-order valence-corrected chi connectivity index (χ1v) is 10.1. The zero-order valence-electron chi connectivity index (χ0n) is 17.5. The van der Waals surface area contributed by atoms with Crippen molar-refractivity contribution in [3.05, 3.63) is 46.3 Å². The van der Waals surface area contributed by atoms with Crippen molar-refractivity contribution in [1.29, 1.82) is 0 Å². The number of ether oxygens (including phenoxy) is 1. The molecule has 0 fully saturated rings. The summed E-state index contributed by atoms with van der Waals surface area (Å²) in [5, 5.41) is 16.9. The summed E-state index contributed by atoms with van der Waals surface area (Å²) in [4.78, 5) is 24.3. The van der Waals surface area contributed by atoms with Crippen LogP contribution in [-0.4, -0.2) is 33.4 Å².